The van der Waals surface area contributed by atoms with Crippen LogP contribution in [0.25, 0.3) is 10.9 Å². The summed E-state index contributed by atoms with van der Waals surface area (Å²) in [7, 11) is 1.57. The van der Waals surface area contributed by atoms with Crippen LogP contribution in [0, 0.1) is 0 Å². The molecule has 0 bridgehead atoms. The smallest absolute Gasteiger partial charge is 0.269 e. The summed E-state index contributed by atoms with van der Waals surface area (Å²) in [5, 5.41) is 4.08. The van der Waals surface area contributed by atoms with Crippen molar-refractivity contribution in [3.8, 4) is 5.75 Å². The average molecular weight is 392 g/mol. The fourth-order valence-electron chi connectivity index (χ4n) is 3.76. The molecule has 0 radical (unpaired) electrons. The molecule has 3 aromatic rings. The van der Waals surface area contributed by atoms with Gasteiger partial charge in [0.25, 0.3) is 11.8 Å². The van der Waals surface area contributed by atoms with E-state index in [-0.39, 0.29) is 18.4 Å². The Morgan fingerprint density at radius 3 is 2.76 bits per heavy atom. The molecular formula is C22H24N4O3. The van der Waals surface area contributed by atoms with Crippen LogP contribution < -0.4 is 20.9 Å². The second-order valence-electron chi connectivity index (χ2n) is 7.11. The minimum Gasteiger partial charge on any atom is -0.495 e. The maximum absolute atomic E-state index is 12.5. The number of benzene rings is 2. The molecule has 29 heavy (non-hydrogen) atoms. The molecule has 0 atom stereocenters. The fourth-order valence-corrected chi connectivity index (χ4v) is 3.76. The van der Waals surface area contributed by atoms with Crippen molar-refractivity contribution in [2.75, 3.05) is 19.0 Å². The number of anilines is 1. The third kappa shape index (κ3) is 4.03. The van der Waals surface area contributed by atoms with Crippen molar-refractivity contribution in [3.63, 3.8) is 0 Å². The minimum atomic E-state index is -0.357. The minimum absolute atomic E-state index is 0.00497. The lowest BCUT2D eigenvalue weighted by Gasteiger charge is -2.12. The predicted octanol–water partition coefficient (Wildman–Crippen LogP) is 2.93. The molecule has 150 valence electrons. The van der Waals surface area contributed by atoms with E-state index in [0.717, 1.165) is 23.7 Å². The highest BCUT2D eigenvalue weighted by Gasteiger charge is 2.17. The van der Waals surface area contributed by atoms with Crippen LogP contribution in [-0.4, -0.2) is 30.5 Å². The van der Waals surface area contributed by atoms with Gasteiger partial charge in [-0.15, -0.1) is 0 Å². The van der Waals surface area contributed by atoms with Crippen LogP contribution in [-0.2, 0) is 17.6 Å². The fraction of sp³-hybridized carbons (Fsp3) is 0.273. The van der Waals surface area contributed by atoms with E-state index >= 15 is 0 Å². The second-order valence-corrected chi connectivity index (χ2v) is 7.11. The van der Waals surface area contributed by atoms with Gasteiger partial charge in [0.2, 0.25) is 0 Å². The maximum atomic E-state index is 12.5. The Bertz CT molecular complexity index is 1060. The van der Waals surface area contributed by atoms with Crippen LogP contribution in [0.2, 0.25) is 0 Å². The van der Waals surface area contributed by atoms with Crippen molar-refractivity contribution < 1.29 is 14.3 Å². The molecular weight excluding hydrogens is 368 g/mol. The largest absolute Gasteiger partial charge is 0.495 e. The first kappa shape index (κ1) is 18.9. The zero-order valence-electron chi connectivity index (χ0n) is 16.3. The van der Waals surface area contributed by atoms with Gasteiger partial charge in [0.1, 0.15) is 5.75 Å². The number of fused-ring (bicyclic) bond motifs is 3. The molecule has 1 aromatic heterocycles. The van der Waals surface area contributed by atoms with Gasteiger partial charge >= 0.3 is 0 Å². The molecule has 0 saturated heterocycles. The summed E-state index contributed by atoms with van der Waals surface area (Å²) in [5.41, 5.74) is 9.79. The molecule has 1 aliphatic rings. The number of amides is 2. The number of aryl methyl sites for hydroxylation is 2. The van der Waals surface area contributed by atoms with E-state index in [1.165, 1.54) is 24.1 Å². The molecule has 0 unspecified atom stereocenters. The molecule has 0 spiro atoms. The van der Waals surface area contributed by atoms with Gasteiger partial charge in [0.15, 0.2) is 0 Å². The first-order valence-corrected chi connectivity index (χ1v) is 9.75. The van der Waals surface area contributed by atoms with E-state index in [9.17, 15) is 9.59 Å². The Morgan fingerprint density at radius 1 is 1.07 bits per heavy atom. The van der Waals surface area contributed by atoms with Gasteiger partial charge in [-0.1, -0.05) is 12.1 Å². The number of carbonyl (C=O) groups excluding carboxylic acids is 2. The summed E-state index contributed by atoms with van der Waals surface area (Å²) in [6.45, 7) is 0.00497. The number of hydrogen-bond donors (Lipinski definition) is 4. The summed E-state index contributed by atoms with van der Waals surface area (Å²) in [6, 6.07) is 12.9. The Hall–Kier alpha value is -3.48. The number of hydrazine groups is 1. The van der Waals surface area contributed by atoms with Crippen molar-refractivity contribution in [1.82, 2.24) is 15.8 Å². The van der Waals surface area contributed by atoms with Gasteiger partial charge in [0.05, 0.1) is 19.3 Å². The highest BCUT2D eigenvalue weighted by atomic mass is 16.5. The van der Waals surface area contributed by atoms with Crippen molar-refractivity contribution >= 4 is 28.4 Å². The lowest BCUT2D eigenvalue weighted by molar-refractivity contribution is -0.120. The molecule has 1 aliphatic carbocycles. The summed E-state index contributed by atoms with van der Waals surface area (Å²) in [5.74, 6) is -0.0554. The van der Waals surface area contributed by atoms with Crippen LogP contribution in [0.15, 0.2) is 42.5 Å². The normalized spacial score (nSPS) is 12.9. The lowest BCUT2D eigenvalue weighted by Crippen LogP contribution is -2.44. The molecule has 7 heteroatoms. The van der Waals surface area contributed by atoms with Crippen molar-refractivity contribution in [2.24, 2.45) is 0 Å². The van der Waals surface area contributed by atoms with E-state index < -0.39 is 0 Å². The standard InChI is InChI=1S/C22H24N4O3/c1-29-20-9-5-4-8-19(20)23-13-21(27)25-26-22(28)14-10-11-18-16(12-14)15-6-2-3-7-17(15)24-18/h4-5,8-12,23-24H,2-3,6-7,13H2,1H3,(H,25,27)(H,26,28). The molecule has 0 fully saturated rings. The van der Waals surface area contributed by atoms with Gasteiger partial charge in [0, 0.05) is 22.2 Å². The third-order valence-electron chi connectivity index (χ3n) is 5.22. The van der Waals surface area contributed by atoms with Crippen LogP contribution in [0.1, 0.15) is 34.5 Å². The molecule has 0 aliphatic heterocycles. The van der Waals surface area contributed by atoms with Gasteiger partial charge in [-0.3, -0.25) is 20.4 Å². The highest BCUT2D eigenvalue weighted by Crippen LogP contribution is 2.29. The molecule has 4 N–H and O–H groups in total. The topological polar surface area (TPSA) is 95.2 Å². The summed E-state index contributed by atoms with van der Waals surface area (Å²) >= 11 is 0. The van der Waals surface area contributed by atoms with Crippen molar-refractivity contribution in [1.29, 1.82) is 0 Å². The molecule has 4 rings (SSSR count). The first-order chi connectivity index (χ1) is 14.2. The number of aromatic nitrogens is 1. The van der Waals surface area contributed by atoms with E-state index in [2.05, 4.69) is 21.2 Å². The Morgan fingerprint density at radius 2 is 1.90 bits per heavy atom. The molecule has 2 aromatic carbocycles. The van der Waals surface area contributed by atoms with Crippen molar-refractivity contribution in [2.45, 2.75) is 25.7 Å². The van der Waals surface area contributed by atoms with Crippen molar-refractivity contribution in [3.05, 3.63) is 59.3 Å². The summed E-state index contributed by atoms with van der Waals surface area (Å²) in [6.07, 6.45) is 4.46. The maximum Gasteiger partial charge on any atom is 0.269 e. The van der Waals surface area contributed by atoms with E-state index in [1.54, 1.807) is 19.2 Å². The molecule has 7 nitrogen and oxygen atoms in total. The van der Waals surface area contributed by atoms with E-state index in [1.807, 2.05) is 30.3 Å². The average Bonchev–Trinajstić information content (AvgIpc) is 3.14. The Balaban J connectivity index is 1.36. The SMILES string of the molecule is COc1ccccc1NCC(=O)NNC(=O)c1ccc2[nH]c3c(c2c1)CCCC3. The van der Waals surface area contributed by atoms with Crippen LogP contribution >= 0.6 is 0 Å². The van der Waals surface area contributed by atoms with Crippen LogP contribution in [0.5, 0.6) is 5.75 Å². The van der Waals surface area contributed by atoms with E-state index in [4.69, 9.17) is 4.74 Å². The second kappa shape index (κ2) is 8.26. The summed E-state index contributed by atoms with van der Waals surface area (Å²) in [4.78, 5) is 28.0. The summed E-state index contributed by atoms with van der Waals surface area (Å²) < 4.78 is 5.24. The number of hydrogen-bond acceptors (Lipinski definition) is 4. The van der Waals surface area contributed by atoms with Gasteiger partial charge in [-0.25, -0.2) is 0 Å². The number of carbonyl (C=O) groups is 2. The first-order valence-electron chi connectivity index (χ1n) is 9.75. The number of ether oxygens (including phenoxy) is 1. The number of aromatic amines is 1. The molecule has 1 heterocycles. The third-order valence-corrected chi connectivity index (χ3v) is 5.22. The van der Waals surface area contributed by atoms with E-state index in [0.29, 0.717) is 17.0 Å². The zero-order valence-corrected chi connectivity index (χ0v) is 16.3. The Kier molecular flexibility index (Phi) is 5.37. The number of para-hydroxylation sites is 2. The quantitative estimate of drug-likeness (QED) is 0.502. The number of methoxy groups -OCH3 is 1. The predicted molar refractivity (Wildman–Crippen MR) is 112 cm³/mol. The van der Waals surface area contributed by atoms with Gasteiger partial charge in [-0.2, -0.15) is 0 Å². The Labute approximate surface area is 168 Å². The number of rotatable bonds is 5. The van der Waals surface area contributed by atoms with Crippen LogP contribution in [0.3, 0.4) is 0 Å². The molecule has 2 amide bonds. The van der Waals surface area contributed by atoms with Gasteiger partial charge < -0.3 is 15.0 Å². The number of H-pyrrole nitrogens is 1. The van der Waals surface area contributed by atoms with Gasteiger partial charge in [-0.05, 0) is 61.6 Å². The lowest BCUT2D eigenvalue weighted by atomic mass is 9.95. The highest BCUT2D eigenvalue weighted by molar-refractivity contribution is 6.00. The number of nitrogens with one attached hydrogen (secondary N) is 4. The van der Waals surface area contributed by atoms with Crippen LogP contribution in [0.4, 0.5) is 5.69 Å². The monoisotopic (exact) mass is 392 g/mol. The zero-order chi connectivity index (χ0) is 20.2. The molecule has 0 saturated carbocycles.